The molecule has 2 aromatic rings. The van der Waals surface area contributed by atoms with Gasteiger partial charge in [0.15, 0.2) is 11.1 Å². The lowest BCUT2D eigenvalue weighted by Gasteiger charge is -2.22. The fourth-order valence-corrected chi connectivity index (χ4v) is 6.07. The summed E-state index contributed by atoms with van der Waals surface area (Å²) in [6.07, 6.45) is 0. The lowest BCUT2D eigenvalue weighted by Crippen LogP contribution is -2.19. The Morgan fingerprint density at radius 1 is 1.25 bits per heavy atom. The van der Waals surface area contributed by atoms with Gasteiger partial charge in [-0.2, -0.15) is 4.74 Å². The van der Waals surface area contributed by atoms with E-state index in [1.54, 1.807) is 32.9 Å². The van der Waals surface area contributed by atoms with Crippen LogP contribution in [0, 0.1) is 6.92 Å². The molecule has 0 amide bonds. The van der Waals surface area contributed by atoms with Gasteiger partial charge in [-0.15, -0.1) is 0 Å². The van der Waals surface area contributed by atoms with E-state index in [0.717, 1.165) is 21.7 Å². The summed E-state index contributed by atoms with van der Waals surface area (Å²) in [4.78, 5) is 12.4. The van der Waals surface area contributed by atoms with Crippen molar-refractivity contribution in [2.45, 2.75) is 26.1 Å². The molecule has 1 aromatic carbocycles. The van der Waals surface area contributed by atoms with Gasteiger partial charge in [0.05, 0.1) is 13.2 Å². The monoisotopic (exact) mass is 391 g/mol. The van der Waals surface area contributed by atoms with Crippen LogP contribution in [0.4, 0.5) is 0 Å². The van der Waals surface area contributed by atoms with Crippen LogP contribution in [0.3, 0.4) is 0 Å². The highest BCUT2D eigenvalue weighted by Crippen LogP contribution is 2.65. The second-order valence-electron chi connectivity index (χ2n) is 4.74. The summed E-state index contributed by atoms with van der Waals surface area (Å²) >= 11 is 6.86. The van der Waals surface area contributed by atoms with Gasteiger partial charge in [0.1, 0.15) is 5.02 Å². The number of aromatic nitrogens is 1. The Morgan fingerprint density at radius 2 is 1.83 bits per heavy atom. The van der Waals surface area contributed by atoms with Gasteiger partial charge in [-0.3, -0.25) is 4.79 Å². The van der Waals surface area contributed by atoms with Gasteiger partial charge in [-0.25, -0.2) is 4.57 Å². The molecule has 6 nitrogen and oxygen atoms in total. The molecule has 0 radical (unpaired) electrons. The predicted molar refractivity (Wildman–Crippen MR) is 95.7 cm³/mol. The molecule has 1 heterocycles. The maximum Gasteiger partial charge on any atom is 0.391 e. The van der Waals surface area contributed by atoms with E-state index in [2.05, 4.69) is 0 Å². The molecule has 2 rings (SSSR count). The van der Waals surface area contributed by atoms with Crippen LogP contribution >= 0.6 is 29.8 Å². The van der Waals surface area contributed by atoms with Crippen molar-refractivity contribution in [1.29, 1.82) is 0 Å². The predicted octanol–water partition coefficient (Wildman–Crippen LogP) is 4.86. The van der Waals surface area contributed by atoms with Crippen LogP contribution in [0.1, 0.15) is 30.5 Å². The number of rotatable bonds is 8. The van der Waals surface area contributed by atoms with Crippen LogP contribution in [-0.2, 0) is 13.6 Å². The SMILES string of the molecule is CCOP(=O)(OCC)SC(c1ccccc1)n1oc(C)c(Cl)c1=O. The highest BCUT2D eigenvalue weighted by atomic mass is 35.5. The number of benzene rings is 1. The van der Waals surface area contributed by atoms with Crippen molar-refractivity contribution in [3.05, 3.63) is 57.0 Å². The van der Waals surface area contributed by atoms with Crippen LogP contribution in [0.2, 0.25) is 5.02 Å². The summed E-state index contributed by atoms with van der Waals surface area (Å²) in [5.41, 5.74) is 0.227. The Bertz CT molecular complexity index is 766. The molecule has 9 heteroatoms. The Hall–Kier alpha value is -0.980. The van der Waals surface area contributed by atoms with Crippen molar-refractivity contribution < 1.29 is 18.1 Å². The maximum absolute atomic E-state index is 12.9. The number of aryl methyl sites for hydroxylation is 1. The second kappa shape index (κ2) is 8.41. The molecule has 0 aliphatic carbocycles. The first kappa shape index (κ1) is 19.3. The summed E-state index contributed by atoms with van der Waals surface area (Å²) < 4.78 is 30.1. The van der Waals surface area contributed by atoms with E-state index >= 15 is 0 Å². The van der Waals surface area contributed by atoms with Crippen LogP contribution in [0.15, 0.2) is 39.6 Å². The van der Waals surface area contributed by atoms with Gasteiger partial charge in [-0.1, -0.05) is 41.9 Å². The number of hydrogen-bond acceptors (Lipinski definition) is 6. The van der Waals surface area contributed by atoms with E-state index in [1.165, 1.54) is 0 Å². The van der Waals surface area contributed by atoms with Crippen LogP contribution < -0.4 is 5.56 Å². The lowest BCUT2D eigenvalue weighted by atomic mass is 10.2. The van der Waals surface area contributed by atoms with Gasteiger partial charge >= 0.3 is 12.4 Å². The minimum absolute atomic E-state index is 0.000756. The molecule has 1 unspecified atom stereocenters. The first-order valence-corrected chi connectivity index (χ1v) is 10.8. The van der Waals surface area contributed by atoms with E-state index in [-0.39, 0.29) is 18.2 Å². The van der Waals surface area contributed by atoms with E-state index in [4.69, 9.17) is 25.2 Å². The number of halogens is 1. The minimum atomic E-state index is -3.48. The molecular formula is C15H19ClNO5PS. The zero-order valence-electron chi connectivity index (χ0n) is 13.6. The second-order valence-corrected chi connectivity index (χ2v) is 9.16. The third kappa shape index (κ3) is 4.35. The summed E-state index contributed by atoms with van der Waals surface area (Å²) in [6, 6.07) is 9.09. The third-order valence-corrected chi connectivity index (χ3v) is 7.54. The highest BCUT2D eigenvalue weighted by molar-refractivity contribution is 8.55. The van der Waals surface area contributed by atoms with Crippen molar-refractivity contribution in [2.75, 3.05) is 13.2 Å². The molecule has 0 saturated heterocycles. The van der Waals surface area contributed by atoms with Crippen molar-refractivity contribution in [1.82, 2.24) is 4.74 Å². The van der Waals surface area contributed by atoms with E-state index < -0.39 is 17.7 Å². The Morgan fingerprint density at radius 3 is 2.29 bits per heavy atom. The van der Waals surface area contributed by atoms with Crippen molar-refractivity contribution in [3.8, 4) is 0 Å². The molecule has 0 aliphatic rings. The van der Waals surface area contributed by atoms with Crippen molar-refractivity contribution in [2.24, 2.45) is 0 Å². The average Bonchev–Trinajstić information content (AvgIpc) is 2.81. The molecule has 0 bridgehead atoms. The standard InChI is InChI=1S/C15H19ClNO5PS/c1-4-20-23(19,21-5-2)24-15(12-9-7-6-8-10-12)17-14(18)13(16)11(3)22-17/h6-10,15H,4-5H2,1-3H3. The summed E-state index contributed by atoms with van der Waals surface area (Å²) in [5, 5.41) is -0.729. The van der Waals surface area contributed by atoms with Gasteiger partial charge in [-0.05, 0) is 37.7 Å². The molecule has 1 aromatic heterocycles. The largest absolute Gasteiger partial charge is 0.391 e. The Labute approximate surface area is 149 Å². The summed E-state index contributed by atoms with van der Waals surface area (Å²) in [5.74, 6) is 0.297. The highest BCUT2D eigenvalue weighted by Gasteiger charge is 2.34. The zero-order valence-corrected chi connectivity index (χ0v) is 16.1. The molecule has 0 saturated carbocycles. The van der Waals surface area contributed by atoms with E-state index in [1.807, 2.05) is 18.2 Å². The van der Waals surface area contributed by atoms with Gasteiger partial charge < -0.3 is 13.6 Å². The minimum Gasteiger partial charge on any atom is -0.378 e. The quantitative estimate of drug-likeness (QED) is 0.598. The zero-order chi connectivity index (χ0) is 17.7. The molecule has 0 spiro atoms. The van der Waals surface area contributed by atoms with E-state index in [0.29, 0.717) is 5.76 Å². The van der Waals surface area contributed by atoms with Crippen LogP contribution in [0.5, 0.6) is 0 Å². The van der Waals surface area contributed by atoms with Gasteiger partial charge in [0.2, 0.25) is 0 Å². The molecular weight excluding hydrogens is 373 g/mol. The van der Waals surface area contributed by atoms with Gasteiger partial charge in [0, 0.05) is 0 Å². The first-order chi connectivity index (χ1) is 11.4. The van der Waals surface area contributed by atoms with Crippen LogP contribution in [0.25, 0.3) is 0 Å². The average molecular weight is 392 g/mol. The summed E-state index contributed by atoms with van der Waals surface area (Å²) in [6.45, 7) is 2.01. The smallest absolute Gasteiger partial charge is 0.378 e. The Kier molecular flexibility index (Phi) is 6.78. The molecule has 0 fully saturated rings. The molecule has 1 atom stereocenters. The van der Waals surface area contributed by atoms with Crippen molar-refractivity contribution in [3.63, 3.8) is 0 Å². The number of nitrogens with zero attached hydrogens (tertiary/aromatic N) is 1. The molecule has 0 aliphatic heterocycles. The first-order valence-electron chi connectivity index (χ1n) is 7.42. The lowest BCUT2D eigenvalue weighted by molar-refractivity contribution is 0.234. The number of hydrogen-bond donors (Lipinski definition) is 0. The maximum atomic E-state index is 12.9. The fourth-order valence-electron chi connectivity index (χ4n) is 2.02. The third-order valence-electron chi connectivity index (χ3n) is 3.03. The molecule has 0 N–H and O–H groups in total. The summed E-state index contributed by atoms with van der Waals surface area (Å²) in [7, 11) is 0. The van der Waals surface area contributed by atoms with Gasteiger partial charge in [0.25, 0.3) is 0 Å². The molecule has 24 heavy (non-hydrogen) atoms. The normalized spacial score (nSPS) is 13.2. The molecule has 132 valence electrons. The van der Waals surface area contributed by atoms with Crippen LogP contribution in [-0.4, -0.2) is 18.0 Å². The van der Waals surface area contributed by atoms with Crippen molar-refractivity contribution >= 4 is 29.8 Å². The fraction of sp³-hybridized carbons (Fsp3) is 0.400. The Balaban J connectivity index is 2.50. The van der Waals surface area contributed by atoms with E-state index in [9.17, 15) is 9.36 Å². The topological polar surface area (TPSA) is 70.7 Å².